The van der Waals surface area contributed by atoms with Gasteiger partial charge in [0.05, 0.1) is 11.5 Å². The first-order chi connectivity index (χ1) is 11.6. The number of hydrogen-bond acceptors (Lipinski definition) is 4. The molecule has 24 heavy (non-hydrogen) atoms. The average molecular weight is 324 g/mol. The lowest BCUT2D eigenvalue weighted by Gasteiger charge is -2.28. The Balaban J connectivity index is 1.87. The highest BCUT2D eigenvalue weighted by Crippen LogP contribution is 2.33. The predicted molar refractivity (Wildman–Crippen MR) is 95.0 cm³/mol. The van der Waals surface area contributed by atoms with E-state index in [2.05, 4.69) is 31.2 Å². The number of aliphatic hydroxyl groups excluding tert-OH is 1. The minimum Gasteiger partial charge on any atom is -0.392 e. The largest absolute Gasteiger partial charge is 0.392 e. The standard InChI is InChI=1S/C19H20N2O3/c1-14-3-2-4-17(11-14)16-7-9-20(10-8-16)19-12-15(13-22)5-6-18(19)21(23)24/h2-7,11-12,22H,8-10,13H2,1H3. The Hall–Kier alpha value is -2.66. The number of benzene rings is 2. The summed E-state index contributed by atoms with van der Waals surface area (Å²) in [6, 6.07) is 13.2. The Bertz CT molecular complexity index is 799. The second-order valence-corrected chi connectivity index (χ2v) is 6.03. The van der Waals surface area contributed by atoms with Gasteiger partial charge in [-0.2, -0.15) is 0 Å². The van der Waals surface area contributed by atoms with Crippen LogP contribution in [0, 0.1) is 17.0 Å². The van der Waals surface area contributed by atoms with Gasteiger partial charge in [-0.1, -0.05) is 35.9 Å². The average Bonchev–Trinajstić information content (AvgIpc) is 2.61. The van der Waals surface area contributed by atoms with Gasteiger partial charge in [-0.3, -0.25) is 10.1 Å². The van der Waals surface area contributed by atoms with Crippen molar-refractivity contribution in [2.24, 2.45) is 0 Å². The van der Waals surface area contributed by atoms with Crippen LogP contribution in [0.1, 0.15) is 23.1 Å². The second-order valence-electron chi connectivity index (χ2n) is 6.03. The van der Waals surface area contributed by atoms with Crippen LogP contribution in [0.4, 0.5) is 11.4 Å². The third-order valence-corrected chi connectivity index (χ3v) is 4.36. The van der Waals surface area contributed by atoms with Crippen molar-refractivity contribution < 1.29 is 10.0 Å². The molecule has 0 spiro atoms. The first kappa shape index (κ1) is 16.2. The van der Waals surface area contributed by atoms with E-state index in [1.165, 1.54) is 22.8 Å². The van der Waals surface area contributed by atoms with Gasteiger partial charge in [0.25, 0.3) is 5.69 Å². The lowest BCUT2D eigenvalue weighted by atomic mass is 9.97. The van der Waals surface area contributed by atoms with E-state index < -0.39 is 0 Å². The monoisotopic (exact) mass is 324 g/mol. The molecule has 0 aromatic heterocycles. The first-order valence-corrected chi connectivity index (χ1v) is 7.97. The topological polar surface area (TPSA) is 66.6 Å². The van der Waals surface area contributed by atoms with E-state index in [0.717, 1.165) is 13.0 Å². The van der Waals surface area contributed by atoms with E-state index in [9.17, 15) is 15.2 Å². The summed E-state index contributed by atoms with van der Waals surface area (Å²) in [5, 5.41) is 20.6. The van der Waals surface area contributed by atoms with Gasteiger partial charge < -0.3 is 10.0 Å². The van der Waals surface area contributed by atoms with Crippen LogP contribution in [-0.2, 0) is 6.61 Å². The summed E-state index contributed by atoms with van der Waals surface area (Å²) in [7, 11) is 0. The highest BCUT2D eigenvalue weighted by Gasteiger charge is 2.22. The van der Waals surface area contributed by atoms with Gasteiger partial charge in [-0.25, -0.2) is 0 Å². The Kier molecular flexibility index (Phi) is 4.62. The van der Waals surface area contributed by atoms with E-state index in [1.807, 2.05) is 11.0 Å². The Morgan fingerprint density at radius 3 is 2.71 bits per heavy atom. The van der Waals surface area contributed by atoms with Gasteiger partial charge in [-0.05, 0) is 42.2 Å². The molecule has 0 bridgehead atoms. The van der Waals surface area contributed by atoms with E-state index >= 15 is 0 Å². The molecule has 0 fully saturated rings. The van der Waals surface area contributed by atoms with Gasteiger partial charge in [0.2, 0.25) is 0 Å². The third kappa shape index (κ3) is 3.31. The van der Waals surface area contributed by atoms with E-state index in [4.69, 9.17) is 0 Å². The number of aliphatic hydroxyl groups is 1. The minimum absolute atomic E-state index is 0.0830. The highest BCUT2D eigenvalue weighted by molar-refractivity contribution is 5.71. The van der Waals surface area contributed by atoms with Crippen molar-refractivity contribution >= 4 is 16.9 Å². The molecular weight excluding hydrogens is 304 g/mol. The quantitative estimate of drug-likeness (QED) is 0.688. The van der Waals surface area contributed by atoms with Crippen molar-refractivity contribution in [2.75, 3.05) is 18.0 Å². The summed E-state index contributed by atoms with van der Waals surface area (Å²) in [6.45, 7) is 3.29. The fraction of sp³-hybridized carbons (Fsp3) is 0.263. The molecule has 1 heterocycles. The zero-order valence-electron chi connectivity index (χ0n) is 13.6. The van der Waals surface area contributed by atoms with Gasteiger partial charge in [0.1, 0.15) is 5.69 Å². The van der Waals surface area contributed by atoms with Gasteiger partial charge in [0, 0.05) is 19.2 Å². The SMILES string of the molecule is Cc1cccc(C2=CCN(c3cc(CO)ccc3[N+](=O)[O-])CC2)c1. The van der Waals surface area contributed by atoms with Crippen LogP contribution < -0.4 is 4.90 Å². The molecule has 124 valence electrons. The van der Waals surface area contributed by atoms with Crippen LogP contribution in [0.15, 0.2) is 48.5 Å². The molecule has 5 nitrogen and oxygen atoms in total. The summed E-state index contributed by atoms with van der Waals surface area (Å²) in [4.78, 5) is 12.9. The molecule has 5 heteroatoms. The number of rotatable bonds is 4. The summed E-state index contributed by atoms with van der Waals surface area (Å²) < 4.78 is 0. The number of anilines is 1. The van der Waals surface area contributed by atoms with Crippen LogP contribution in [0.3, 0.4) is 0 Å². The van der Waals surface area contributed by atoms with Gasteiger partial charge in [-0.15, -0.1) is 0 Å². The molecule has 0 saturated carbocycles. The second kappa shape index (κ2) is 6.84. The van der Waals surface area contributed by atoms with Crippen LogP contribution in [0.5, 0.6) is 0 Å². The molecule has 2 aromatic carbocycles. The van der Waals surface area contributed by atoms with Crippen molar-refractivity contribution in [3.8, 4) is 0 Å². The van der Waals surface area contributed by atoms with Crippen molar-refractivity contribution in [3.63, 3.8) is 0 Å². The lowest BCUT2D eigenvalue weighted by molar-refractivity contribution is -0.384. The number of nitrogens with zero attached hydrogens (tertiary/aromatic N) is 2. The Morgan fingerprint density at radius 1 is 1.25 bits per heavy atom. The molecule has 0 aliphatic carbocycles. The van der Waals surface area contributed by atoms with Gasteiger partial charge >= 0.3 is 0 Å². The number of nitro benzene ring substituents is 1. The van der Waals surface area contributed by atoms with E-state index in [-0.39, 0.29) is 17.2 Å². The Labute approximate surface area is 141 Å². The molecule has 1 N–H and O–H groups in total. The molecule has 0 saturated heterocycles. The van der Waals surface area contributed by atoms with Crippen LogP contribution in [0.25, 0.3) is 5.57 Å². The zero-order chi connectivity index (χ0) is 17.1. The first-order valence-electron chi connectivity index (χ1n) is 7.97. The van der Waals surface area contributed by atoms with Crippen LogP contribution in [-0.4, -0.2) is 23.1 Å². The maximum atomic E-state index is 11.3. The van der Waals surface area contributed by atoms with Crippen molar-refractivity contribution in [1.82, 2.24) is 0 Å². The lowest BCUT2D eigenvalue weighted by Crippen LogP contribution is -2.29. The summed E-state index contributed by atoms with van der Waals surface area (Å²) in [6.07, 6.45) is 2.97. The molecule has 0 amide bonds. The number of hydrogen-bond donors (Lipinski definition) is 1. The molecular formula is C19H20N2O3. The van der Waals surface area contributed by atoms with Crippen molar-refractivity contribution in [1.29, 1.82) is 0 Å². The molecule has 0 atom stereocenters. The van der Waals surface area contributed by atoms with Gasteiger partial charge in [0.15, 0.2) is 0 Å². The van der Waals surface area contributed by atoms with Crippen molar-refractivity contribution in [3.05, 3.63) is 75.3 Å². The summed E-state index contributed by atoms with van der Waals surface area (Å²) in [5.41, 5.74) is 5.06. The maximum absolute atomic E-state index is 11.3. The third-order valence-electron chi connectivity index (χ3n) is 4.36. The van der Waals surface area contributed by atoms with Crippen molar-refractivity contribution in [2.45, 2.75) is 20.0 Å². The Morgan fingerprint density at radius 2 is 2.08 bits per heavy atom. The minimum atomic E-state index is -0.365. The summed E-state index contributed by atoms with van der Waals surface area (Å²) in [5.74, 6) is 0. The maximum Gasteiger partial charge on any atom is 0.292 e. The molecule has 0 unspecified atom stereocenters. The number of aryl methyl sites for hydroxylation is 1. The van der Waals surface area contributed by atoms with E-state index in [1.54, 1.807) is 12.1 Å². The molecule has 2 aromatic rings. The predicted octanol–water partition coefficient (Wildman–Crippen LogP) is 3.69. The fourth-order valence-electron chi connectivity index (χ4n) is 3.07. The molecule has 0 radical (unpaired) electrons. The number of nitro groups is 1. The normalized spacial score (nSPS) is 14.4. The molecule has 1 aliphatic heterocycles. The fourth-order valence-corrected chi connectivity index (χ4v) is 3.07. The molecule has 1 aliphatic rings. The zero-order valence-corrected chi connectivity index (χ0v) is 13.6. The van der Waals surface area contributed by atoms with E-state index in [0.29, 0.717) is 17.8 Å². The smallest absolute Gasteiger partial charge is 0.292 e. The highest BCUT2D eigenvalue weighted by atomic mass is 16.6. The molecule has 3 rings (SSSR count). The van der Waals surface area contributed by atoms with Crippen LogP contribution >= 0.6 is 0 Å². The summed E-state index contributed by atoms with van der Waals surface area (Å²) >= 11 is 0. The van der Waals surface area contributed by atoms with Crippen LogP contribution in [0.2, 0.25) is 0 Å².